The van der Waals surface area contributed by atoms with Crippen LogP contribution in [0.15, 0.2) is 18.2 Å². The number of nitrogens with one attached hydrogen (secondary N) is 2. The molecule has 1 aliphatic heterocycles. The smallest absolute Gasteiger partial charge is 0.245 e. The Hall–Kier alpha value is -1.59. The Kier molecular flexibility index (Phi) is 3.89. The van der Waals surface area contributed by atoms with E-state index in [4.69, 9.17) is 11.6 Å². The molecular weight excluding hydrogens is 274 g/mol. The van der Waals surface area contributed by atoms with Crippen molar-refractivity contribution in [2.24, 2.45) is 0 Å². The molecule has 0 spiro atoms. The van der Waals surface area contributed by atoms with Gasteiger partial charge in [-0.05, 0) is 31.5 Å². The second kappa shape index (κ2) is 5.81. The number of hydrogen-bond donors (Lipinski definition) is 2. The first-order chi connectivity index (χ1) is 9.75. The van der Waals surface area contributed by atoms with Crippen LogP contribution in [0.3, 0.4) is 0 Å². The predicted octanol–water partition coefficient (Wildman–Crippen LogP) is 2.23. The van der Waals surface area contributed by atoms with Gasteiger partial charge < -0.3 is 10.2 Å². The minimum Gasteiger partial charge on any atom is -0.338 e. The summed E-state index contributed by atoms with van der Waals surface area (Å²) in [5.41, 5.74) is 1.94. The van der Waals surface area contributed by atoms with Crippen LogP contribution in [0.4, 0.5) is 5.95 Å². The average Bonchev–Trinajstić information content (AvgIpc) is 2.77. The summed E-state index contributed by atoms with van der Waals surface area (Å²) in [5.74, 6) is 1.48. The van der Waals surface area contributed by atoms with Gasteiger partial charge in [0.25, 0.3) is 0 Å². The van der Waals surface area contributed by atoms with Gasteiger partial charge in [0, 0.05) is 25.2 Å². The van der Waals surface area contributed by atoms with Crippen molar-refractivity contribution in [2.45, 2.75) is 13.3 Å². The lowest BCUT2D eigenvalue weighted by Crippen LogP contribution is -2.28. The SMILES string of the molecule is Cc1cccc(-c2nc(N3CCCNCC3)n[nH]2)c1Cl. The molecule has 0 atom stereocenters. The lowest BCUT2D eigenvalue weighted by atomic mass is 10.1. The predicted molar refractivity (Wildman–Crippen MR) is 81.3 cm³/mol. The third kappa shape index (κ3) is 2.64. The summed E-state index contributed by atoms with van der Waals surface area (Å²) in [4.78, 5) is 6.79. The number of nitrogens with zero attached hydrogens (tertiary/aromatic N) is 3. The maximum Gasteiger partial charge on any atom is 0.245 e. The number of aryl methyl sites for hydroxylation is 1. The molecule has 0 aliphatic carbocycles. The van der Waals surface area contributed by atoms with Crippen molar-refractivity contribution in [2.75, 3.05) is 31.1 Å². The fourth-order valence-corrected chi connectivity index (χ4v) is 2.61. The zero-order valence-corrected chi connectivity index (χ0v) is 12.2. The number of benzene rings is 1. The number of aromatic amines is 1. The fraction of sp³-hybridized carbons (Fsp3) is 0.429. The summed E-state index contributed by atoms with van der Waals surface area (Å²) in [7, 11) is 0. The first-order valence-electron chi connectivity index (χ1n) is 6.89. The van der Waals surface area contributed by atoms with E-state index in [1.807, 2.05) is 25.1 Å². The molecule has 5 nitrogen and oxygen atoms in total. The molecule has 2 heterocycles. The molecule has 1 aromatic carbocycles. The largest absolute Gasteiger partial charge is 0.338 e. The molecule has 3 rings (SSSR count). The van der Waals surface area contributed by atoms with Gasteiger partial charge in [-0.1, -0.05) is 23.7 Å². The molecule has 1 aliphatic rings. The number of H-pyrrole nitrogens is 1. The van der Waals surface area contributed by atoms with Crippen LogP contribution >= 0.6 is 11.6 Å². The molecule has 0 radical (unpaired) electrons. The summed E-state index contributed by atoms with van der Waals surface area (Å²) in [6.45, 7) is 5.92. The highest BCUT2D eigenvalue weighted by Gasteiger charge is 2.16. The molecule has 2 N–H and O–H groups in total. The van der Waals surface area contributed by atoms with Gasteiger partial charge in [0.15, 0.2) is 5.82 Å². The van der Waals surface area contributed by atoms with Crippen LogP contribution in [0.25, 0.3) is 11.4 Å². The molecule has 0 amide bonds. The molecule has 2 aromatic rings. The molecule has 6 heteroatoms. The van der Waals surface area contributed by atoms with E-state index in [0.29, 0.717) is 0 Å². The minimum atomic E-state index is 0.728. The molecule has 1 saturated heterocycles. The number of rotatable bonds is 2. The topological polar surface area (TPSA) is 56.8 Å². The van der Waals surface area contributed by atoms with E-state index in [0.717, 1.165) is 60.5 Å². The van der Waals surface area contributed by atoms with Crippen molar-refractivity contribution in [3.8, 4) is 11.4 Å². The van der Waals surface area contributed by atoms with E-state index in [9.17, 15) is 0 Å². The number of aromatic nitrogens is 3. The third-order valence-corrected chi connectivity index (χ3v) is 4.05. The van der Waals surface area contributed by atoms with Crippen LogP contribution in [-0.4, -0.2) is 41.4 Å². The van der Waals surface area contributed by atoms with E-state index in [1.54, 1.807) is 0 Å². The van der Waals surface area contributed by atoms with Gasteiger partial charge in [-0.2, -0.15) is 4.98 Å². The van der Waals surface area contributed by atoms with E-state index in [-0.39, 0.29) is 0 Å². The van der Waals surface area contributed by atoms with Crippen LogP contribution in [0.1, 0.15) is 12.0 Å². The van der Waals surface area contributed by atoms with Gasteiger partial charge in [-0.25, -0.2) is 0 Å². The maximum absolute atomic E-state index is 6.34. The lowest BCUT2D eigenvalue weighted by Gasteiger charge is -2.16. The minimum absolute atomic E-state index is 0.728. The van der Waals surface area contributed by atoms with Crippen LogP contribution in [0, 0.1) is 6.92 Å². The van der Waals surface area contributed by atoms with Crippen LogP contribution in [-0.2, 0) is 0 Å². The Balaban J connectivity index is 1.87. The molecule has 1 aromatic heterocycles. The molecular formula is C14H18ClN5. The Labute approximate surface area is 123 Å². The molecule has 0 unspecified atom stereocenters. The number of anilines is 1. The maximum atomic E-state index is 6.34. The molecule has 0 bridgehead atoms. The van der Waals surface area contributed by atoms with Gasteiger partial charge in [0.05, 0.1) is 5.02 Å². The van der Waals surface area contributed by atoms with Gasteiger partial charge >= 0.3 is 0 Å². The molecule has 106 valence electrons. The lowest BCUT2D eigenvalue weighted by molar-refractivity contribution is 0.724. The Morgan fingerprint density at radius 2 is 2.15 bits per heavy atom. The van der Waals surface area contributed by atoms with Gasteiger partial charge in [-0.15, -0.1) is 5.10 Å². The second-order valence-corrected chi connectivity index (χ2v) is 5.39. The van der Waals surface area contributed by atoms with Crippen molar-refractivity contribution >= 4 is 17.5 Å². The monoisotopic (exact) mass is 291 g/mol. The zero-order valence-electron chi connectivity index (χ0n) is 11.5. The quantitative estimate of drug-likeness (QED) is 0.891. The van der Waals surface area contributed by atoms with Crippen LogP contribution in [0.2, 0.25) is 5.02 Å². The highest BCUT2D eigenvalue weighted by molar-refractivity contribution is 6.33. The first-order valence-corrected chi connectivity index (χ1v) is 7.27. The fourth-order valence-electron chi connectivity index (χ4n) is 2.39. The van der Waals surface area contributed by atoms with Crippen molar-refractivity contribution in [3.63, 3.8) is 0 Å². The first kappa shape index (κ1) is 13.4. The number of halogens is 1. The third-order valence-electron chi connectivity index (χ3n) is 3.54. The molecule has 1 fully saturated rings. The van der Waals surface area contributed by atoms with Crippen molar-refractivity contribution in [1.29, 1.82) is 0 Å². The van der Waals surface area contributed by atoms with E-state index < -0.39 is 0 Å². The van der Waals surface area contributed by atoms with Crippen molar-refractivity contribution in [1.82, 2.24) is 20.5 Å². The van der Waals surface area contributed by atoms with E-state index in [1.165, 1.54) is 0 Å². The van der Waals surface area contributed by atoms with Gasteiger partial charge in [-0.3, -0.25) is 5.10 Å². The molecule has 20 heavy (non-hydrogen) atoms. The van der Waals surface area contributed by atoms with Gasteiger partial charge in [0.2, 0.25) is 5.95 Å². The zero-order chi connectivity index (χ0) is 13.9. The molecule has 0 saturated carbocycles. The highest BCUT2D eigenvalue weighted by atomic mass is 35.5. The standard InChI is InChI=1S/C14H18ClN5/c1-10-4-2-5-11(12(10)15)13-17-14(19-18-13)20-8-3-6-16-7-9-20/h2,4-5,16H,3,6-9H2,1H3,(H,17,18,19). The summed E-state index contributed by atoms with van der Waals surface area (Å²) >= 11 is 6.34. The van der Waals surface area contributed by atoms with Crippen LogP contribution < -0.4 is 10.2 Å². The summed E-state index contributed by atoms with van der Waals surface area (Å²) in [6.07, 6.45) is 1.11. The van der Waals surface area contributed by atoms with Crippen molar-refractivity contribution < 1.29 is 0 Å². The summed E-state index contributed by atoms with van der Waals surface area (Å²) in [6, 6.07) is 5.93. The Bertz CT molecular complexity index is 587. The Morgan fingerprint density at radius 3 is 3.05 bits per heavy atom. The van der Waals surface area contributed by atoms with Crippen molar-refractivity contribution in [3.05, 3.63) is 28.8 Å². The average molecular weight is 292 g/mol. The second-order valence-electron chi connectivity index (χ2n) is 5.01. The van der Waals surface area contributed by atoms with Gasteiger partial charge in [0.1, 0.15) is 0 Å². The highest BCUT2D eigenvalue weighted by Crippen LogP contribution is 2.28. The van der Waals surface area contributed by atoms with Crippen LogP contribution in [0.5, 0.6) is 0 Å². The Morgan fingerprint density at radius 1 is 1.25 bits per heavy atom. The normalized spacial score (nSPS) is 16.2. The van der Waals surface area contributed by atoms with E-state index >= 15 is 0 Å². The van der Waals surface area contributed by atoms with E-state index in [2.05, 4.69) is 25.4 Å². The summed E-state index contributed by atoms with van der Waals surface area (Å²) in [5, 5.41) is 11.4. The number of hydrogen-bond acceptors (Lipinski definition) is 4. The summed E-state index contributed by atoms with van der Waals surface area (Å²) < 4.78 is 0.